The quantitative estimate of drug-likeness (QED) is 0.731. The molecule has 0 aromatic rings. The van der Waals surface area contributed by atoms with Crippen LogP contribution in [-0.2, 0) is 9.84 Å². The molecule has 0 spiro atoms. The highest BCUT2D eigenvalue weighted by atomic mass is 32.2. The third-order valence-electron chi connectivity index (χ3n) is 3.54. The average Bonchev–Trinajstić information content (AvgIpc) is 2.69. The van der Waals surface area contributed by atoms with Gasteiger partial charge in [0.2, 0.25) is 0 Å². The van der Waals surface area contributed by atoms with Crippen molar-refractivity contribution in [1.29, 1.82) is 0 Å². The fourth-order valence-electron chi connectivity index (χ4n) is 2.62. The summed E-state index contributed by atoms with van der Waals surface area (Å²) in [7, 11) is -2.83. The Bertz CT molecular complexity index is 315. The first-order valence-electron chi connectivity index (χ1n) is 5.78. The van der Waals surface area contributed by atoms with Gasteiger partial charge in [0.05, 0.1) is 5.75 Å². The van der Waals surface area contributed by atoms with Gasteiger partial charge in [0.25, 0.3) is 0 Å². The van der Waals surface area contributed by atoms with E-state index < -0.39 is 9.84 Å². The largest absolute Gasteiger partial charge is 0.328 e. The summed E-state index contributed by atoms with van der Waals surface area (Å²) in [6.07, 6.45) is 4.86. The fraction of sp³-hybridized carbons (Fsp3) is 1.00. The van der Waals surface area contributed by atoms with Crippen LogP contribution < -0.4 is 11.1 Å². The normalized spacial score (nSPS) is 39.7. The standard InChI is InChI=1S/C10H20N2O2S/c11-9-4-3-8(6-9)7-12-10-2-1-5-15(10,13)14/h8-10,12H,1-7,11H2. The second-order valence-electron chi connectivity index (χ2n) is 4.85. The zero-order chi connectivity index (χ0) is 10.9. The maximum Gasteiger partial charge on any atom is 0.166 e. The van der Waals surface area contributed by atoms with Crippen LogP contribution in [0.4, 0.5) is 0 Å². The summed E-state index contributed by atoms with van der Waals surface area (Å²) in [6.45, 7) is 0.817. The van der Waals surface area contributed by atoms with Crippen LogP contribution in [0.5, 0.6) is 0 Å². The van der Waals surface area contributed by atoms with Gasteiger partial charge >= 0.3 is 0 Å². The van der Waals surface area contributed by atoms with Crippen molar-refractivity contribution in [3.63, 3.8) is 0 Å². The zero-order valence-corrected chi connectivity index (χ0v) is 9.80. The Labute approximate surface area is 91.5 Å². The molecule has 3 unspecified atom stereocenters. The first-order valence-corrected chi connectivity index (χ1v) is 7.50. The van der Waals surface area contributed by atoms with Gasteiger partial charge in [-0.3, -0.25) is 0 Å². The Morgan fingerprint density at radius 1 is 1.27 bits per heavy atom. The predicted octanol–water partition coefficient (Wildman–Crippen LogP) is 0.238. The predicted molar refractivity (Wildman–Crippen MR) is 60.1 cm³/mol. The van der Waals surface area contributed by atoms with Crippen molar-refractivity contribution in [3.8, 4) is 0 Å². The number of sulfone groups is 1. The lowest BCUT2D eigenvalue weighted by molar-refractivity contribution is 0.461. The monoisotopic (exact) mass is 232 g/mol. The van der Waals surface area contributed by atoms with Crippen LogP contribution in [0.25, 0.3) is 0 Å². The van der Waals surface area contributed by atoms with Crippen molar-refractivity contribution in [2.45, 2.75) is 43.5 Å². The van der Waals surface area contributed by atoms with E-state index in [1.165, 1.54) is 0 Å². The van der Waals surface area contributed by atoms with Gasteiger partial charge in [0.1, 0.15) is 5.37 Å². The van der Waals surface area contributed by atoms with Gasteiger partial charge in [0, 0.05) is 6.04 Å². The van der Waals surface area contributed by atoms with Gasteiger partial charge in [-0.2, -0.15) is 0 Å². The highest BCUT2D eigenvalue weighted by molar-refractivity contribution is 7.92. The van der Waals surface area contributed by atoms with Gasteiger partial charge in [-0.05, 0) is 44.6 Å². The van der Waals surface area contributed by atoms with Crippen LogP contribution in [-0.4, -0.2) is 32.1 Å². The molecule has 0 bridgehead atoms. The Hall–Kier alpha value is -0.130. The molecule has 3 N–H and O–H groups in total. The Morgan fingerprint density at radius 3 is 2.60 bits per heavy atom. The first-order chi connectivity index (χ1) is 7.08. The molecule has 0 aromatic heterocycles. The van der Waals surface area contributed by atoms with Gasteiger partial charge in [0.15, 0.2) is 9.84 Å². The van der Waals surface area contributed by atoms with Gasteiger partial charge in [-0.1, -0.05) is 0 Å². The molecule has 2 fully saturated rings. The van der Waals surface area contributed by atoms with E-state index in [1.807, 2.05) is 0 Å². The van der Waals surface area contributed by atoms with Crippen molar-refractivity contribution in [2.24, 2.45) is 11.7 Å². The first kappa shape index (κ1) is 11.4. The number of hydrogen-bond donors (Lipinski definition) is 2. The smallest absolute Gasteiger partial charge is 0.166 e. The molecule has 0 amide bonds. The molecule has 0 aromatic carbocycles. The molecule has 15 heavy (non-hydrogen) atoms. The lowest BCUT2D eigenvalue weighted by Gasteiger charge is -2.15. The topological polar surface area (TPSA) is 72.2 Å². The number of nitrogens with two attached hydrogens (primary N) is 1. The van der Waals surface area contributed by atoms with Gasteiger partial charge < -0.3 is 11.1 Å². The lowest BCUT2D eigenvalue weighted by Crippen LogP contribution is -2.36. The van der Waals surface area contributed by atoms with Crippen LogP contribution in [0, 0.1) is 5.92 Å². The van der Waals surface area contributed by atoms with Crippen molar-refractivity contribution < 1.29 is 8.42 Å². The van der Waals surface area contributed by atoms with Crippen LogP contribution in [0.2, 0.25) is 0 Å². The molecule has 1 saturated carbocycles. The van der Waals surface area contributed by atoms with Crippen molar-refractivity contribution in [2.75, 3.05) is 12.3 Å². The van der Waals surface area contributed by atoms with Gasteiger partial charge in [-0.15, -0.1) is 0 Å². The maximum absolute atomic E-state index is 11.5. The molecule has 3 atom stereocenters. The average molecular weight is 232 g/mol. The van der Waals surface area contributed by atoms with E-state index in [-0.39, 0.29) is 5.37 Å². The van der Waals surface area contributed by atoms with E-state index in [1.54, 1.807) is 0 Å². The number of rotatable bonds is 3. The number of hydrogen-bond acceptors (Lipinski definition) is 4. The lowest BCUT2D eigenvalue weighted by atomic mass is 10.1. The molecule has 4 nitrogen and oxygen atoms in total. The van der Waals surface area contributed by atoms with Crippen LogP contribution in [0.3, 0.4) is 0 Å². The van der Waals surface area contributed by atoms with Crippen molar-refractivity contribution in [1.82, 2.24) is 5.32 Å². The van der Waals surface area contributed by atoms with E-state index in [2.05, 4.69) is 5.32 Å². The summed E-state index contributed by atoms with van der Waals surface area (Å²) in [5, 5.41) is 2.91. The third-order valence-corrected chi connectivity index (χ3v) is 5.67. The van der Waals surface area contributed by atoms with Crippen molar-refractivity contribution in [3.05, 3.63) is 0 Å². The third kappa shape index (κ3) is 2.71. The van der Waals surface area contributed by atoms with Crippen LogP contribution >= 0.6 is 0 Å². The Kier molecular flexibility index (Phi) is 3.33. The number of nitrogens with one attached hydrogen (secondary N) is 1. The molecular weight excluding hydrogens is 212 g/mol. The molecule has 2 rings (SSSR count). The van der Waals surface area contributed by atoms with E-state index in [9.17, 15) is 8.42 Å². The molecular formula is C10H20N2O2S. The van der Waals surface area contributed by atoms with Gasteiger partial charge in [-0.25, -0.2) is 8.42 Å². The van der Waals surface area contributed by atoms with Crippen LogP contribution in [0.1, 0.15) is 32.1 Å². The minimum Gasteiger partial charge on any atom is -0.328 e. The SMILES string of the molecule is NC1CCC(CNC2CCCS2(=O)=O)C1. The zero-order valence-electron chi connectivity index (χ0n) is 8.98. The molecule has 0 radical (unpaired) electrons. The Morgan fingerprint density at radius 2 is 2.07 bits per heavy atom. The fourth-order valence-corrected chi connectivity index (χ4v) is 4.35. The second kappa shape index (κ2) is 4.39. The second-order valence-corrected chi connectivity index (χ2v) is 7.15. The van der Waals surface area contributed by atoms with Crippen molar-refractivity contribution >= 4 is 9.84 Å². The molecule has 5 heteroatoms. The summed E-state index contributed by atoms with van der Waals surface area (Å²) >= 11 is 0. The highest BCUT2D eigenvalue weighted by Crippen LogP contribution is 2.24. The molecule has 1 saturated heterocycles. The minimum atomic E-state index is -2.83. The maximum atomic E-state index is 11.5. The van der Waals surface area contributed by atoms with E-state index in [0.717, 1.165) is 38.6 Å². The molecule has 1 aliphatic heterocycles. The summed E-state index contributed by atoms with van der Waals surface area (Å²) in [5.41, 5.74) is 5.82. The molecule has 1 aliphatic carbocycles. The Balaban J connectivity index is 1.79. The van der Waals surface area contributed by atoms with E-state index >= 15 is 0 Å². The summed E-state index contributed by atoms with van der Waals surface area (Å²) in [4.78, 5) is 0. The van der Waals surface area contributed by atoms with E-state index in [0.29, 0.717) is 17.7 Å². The molecule has 1 heterocycles. The summed E-state index contributed by atoms with van der Waals surface area (Å²) < 4.78 is 23.1. The summed E-state index contributed by atoms with van der Waals surface area (Å²) in [5.74, 6) is 0.935. The van der Waals surface area contributed by atoms with Crippen LogP contribution in [0.15, 0.2) is 0 Å². The summed E-state index contributed by atoms with van der Waals surface area (Å²) in [6, 6.07) is 0.331. The van der Waals surface area contributed by atoms with E-state index in [4.69, 9.17) is 5.73 Å². The molecule has 88 valence electrons. The minimum absolute atomic E-state index is 0.283. The molecule has 2 aliphatic rings. The highest BCUT2D eigenvalue weighted by Gasteiger charge is 2.32.